The summed E-state index contributed by atoms with van der Waals surface area (Å²) in [5, 5.41) is 57.8. The summed E-state index contributed by atoms with van der Waals surface area (Å²) in [4.78, 5) is 12.1. The number of esters is 1. The van der Waals surface area contributed by atoms with E-state index in [1.807, 2.05) is 0 Å². The molecule has 11 heteroatoms. The Morgan fingerprint density at radius 3 is 2.41 bits per heavy atom. The Labute approximate surface area is 154 Å². The van der Waals surface area contributed by atoms with Gasteiger partial charge in [-0.05, 0) is 19.4 Å². The van der Waals surface area contributed by atoms with Gasteiger partial charge in [-0.15, -0.1) is 0 Å². The van der Waals surface area contributed by atoms with Crippen LogP contribution in [0.4, 0.5) is 0 Å². The van der Waals surface area contributed by atoms with Gasteiger partial charge in [0.05, 0.1) is 19.5 Å². The summed E-state index contributed by atoms with van der Waals surface area (Å²) in [6.07, 6.45) is -9.55. The Morgan fingerprint density at radius 2 is 1.85 bits per heavy atom. The van der Waals surface area contributed by atoms with Gasteiger partial charge in [0.2, 0.25) is 12.0 Å². The second kappa shape index (κ2) is 8.97. The fourth-order valence-electron chi connectivity index (χ4n) is 2.49. The third kappa shape index (κ3) is 4.58. The van der Waals surface area contributed by atoms with Crippen molar-refractivity contribution in [1.29, 1.82) is 0 Å². The smallest absolute Gasteiger partial charge is 0.378 e. The second-order valence-electron chi connectivity index (χ2n) is 6.40. The number of rotatable bonds is 7. The van der Waals surface area contributed by atoms with Crippen molar-refractivity contribution in [3.05, 3.63) is 23.4 Å². The Morgan fingerprint density at radius 1 is 1.19 bits per heavy atom. The Hall–Kier alpha value is -1.73. The fourth-order valence-corrected chi connectivity index (χ4v) is 2.49. The zero-order valence-electron chi connectivity index (χ0n) is 14.8. The van der Waals surface area contributed by atoms with Gasteiger partial charge >= 0.3 is 5.97 Å². The minimum atomic E-state index is -1.75. The molecule has 154 valence electrons. The van der Waals surface area contributed by atoms with E-state index in [9.17, 15) is 30.3 Å². The van der Waals surface area contributed by atoms with Crippen molar-refractivity contribution in [2.75, 3.05) is 13.2 Å². The van der Waals surface area contributed by atoms with Crippen molar-refractivity contribution in [1.82, 2.24) is 0 Å². The number of allylic oxidation sites excluding steroid dienone is 1. The maximum atomic E-state index is 12.1. The molecule has 0 spiro atoms. The summed E-state index contributed by atoms with van der Waals surface area (Å²) in [6, 6.07) is 0. The Bertz CT molecular complexity index is 595. The predicted octanol–water partition coefficient (Wildman–Crippen LogP) is -2.77. The van der Waals surface area contributed by atoms with Gasteiger partial charge in [-0.2, -0.15) is 0 Å². The van der Waals surface area contributed by atoms with Gasteiger partial charge in [-0.3, -0.25) is 0 Å². The van der Waals surface area contributed by atoms with Crippen molar-refractivity contribution < 1.29 is 54.4 Å². The average molecular weight is 392 g/mol. The van der Waals surface area contributed by atoms with Gasteiger partial charge in [0.15, 0.2) is 11.9 Å². The first kappa shape index (κ1) is 21.6. The molecule has 0 amide bonds. The number of hydrogen-bond donors (Lipinski definition) is 6. The third-order valence-corrected chi connectivity index (χ3v) is 3.94. The van der Waals surface area contributed by atoms with Gasteiger partial charge in [-0.25, -0.2) is 4.79 Å². The molecule has 2 heterocycles. The molecule has 7 atom stereocenters. The highest BCUT2D eigenvalue weighted by Gasteiger charge is 2.48. The summed E-state index contributed by atoms with van der Waals surface area (Å²) >= 11 is 0. The number of carbonyl (C=O) groups excluding carboxylic acids is 1. The Balaban J connectivity index is 2.31. The number of cyclic esters (lactones) is 1. The molecular weight excluding hydrogens is 368 g/mol. The zero-order chi connectivity index (χ0) is 20.3. The molecule has 6 N–H and O–H groups in total. The number of carbonyl (C=O) groups is 1. The van der Waals surface area contributed by atoms with E-state index in [0.29, 0.717) is 5.57 Å². The molecule has 2 rings (SSSR count). The molecule has 1 unspecified atom stereocenters. The van der Waals surface area contributed by atoms with Crippen LogP contribution in [0.1, 0.15) is 13.8 Å². The minimum Gasteiger partial charge on any atom is -0.461 e. The molecule has 0 aliphatic carbocycles. The van der Waals surface area contributed by atoms with E-state index in [2.05, 4.69) is 0 Å². The number of aliphatic hydroxyl groups excluding tert-OH is 6. The van der Waals surface area contributed by atoms with Crippen molar-refractivity contribution in [2.24, 2.45) is 0 Å². The maximum absolute atomic E-state index is 12.1. The molecule has 0 aromatic rings. The van der Waals surface area contributed by atoms with E-state index >= 15 is 0 Å². The van der Waals surface area contributed by atoms with Gasteiger partial charge in [0.1, 0.15) is 30.5 Å². The minimum absolute atomic E-state index is 0.264. The lowest BCUT2D eigenvalue weighted by molar-refractivity contribution is -0.291. The van der Waals surface area contributed by atoms with E-state index in [1.54, 1.807) is 13.8 Å². The molecule has 0 aromatic heterocycles. The van der Waals surface area contributed by atoms with Crippen LogP contribution in [0.3, 0.4) is 0 Å². The fraction of sp³-hybridized carbons (Fsp3) is 0.688. The SMILES string of the molecule is CC(C)=COC1=C(OC2O[C@H](CO)[C@@H](O)[C@H](O)[C@H]2O)C(=O)O[C@@H]1[C@@H](O)CO. The van der Waals surface area contributed by atoms with Crippen LogP contribution < -0.4 is 0 Å². The van der Waals surface area contributed by atoms with Crippen LogP contribution in [0, 0.1) is 0 Å². The molecule has 0 saturated carbocycles. The molecule has 0 bridgehead atoms. The van der Waals surface area contributed by atoms with Gasteiger partial charge in [0, 0.05) is 0 Å². The first-order valence-electron chi connectivity index (χ1n) is 8.22. The van der Waals surface area contributed by atoms with Crippen LogP contribution in [0.5, 0.6) is 0 Å². The van der Waals surface area contributed by atoms with E-state index in [4.69, 9.17) is 24.1 Å². The van der Waals surface area contributed by atoms with Crippen molar-refractivity contribution in [3.8, 4) is 0 Å². The van der Waals surface area contributed by atoms with Gasteiger partial charge in [0.25, 0.3) is 0 Å². The van der Waals surface area contributed by atoms with Crippen LogP contribution in [-0.4, -0.2) is 92.7 Å². The molecule has 1 saturated heterocycles. The maximum Gasteiger partial charge on any atom is 0.378 e. The molecular formula is C16H24O11. The van der Waals surface area contributed by atoms with Gasteiger partial charge in [-0.1, -0.05) is 0 Å². The van der Waals surface area contributed by atoms with Gasteiger partial charge < -0.3 is 49.6 Å². The largest absolute Gasteiger partial charge is 0.461 e. The van der Waals surface area contributed by atoms with E-state index < -0.39 is 67.9 Å². The highest BCUT2D eigenvalue weighted by molar-refractivity contribution is 5.89. The normalized spacial score (nSPS) is 34.9. The molecule has 2 aliphatic rings. The summed E-state index contributed by atoms with van der Waals surface area (Å²) in [5.41, 5.74) is 0.700. The molecule has 2 aliphatic heterocycles. The van der Waals surface area contributed by atoms with E-state index in [1.165, 1.54) is 6.26 Å². The van der Waals surface area contributed by atoms with Crippen LogP contribution in [-0.2, 0) is 23.7 Å². The number of aliphatic hydroxyl groups is 6. The first-order chi connectivity index (χ1) is 12.7. The highest BCUT2D eigenvalue weighted by Crippen LogP contribution is 2.31. The van der Waals surface area contributed by atoms with Crippen LogP contribution >= 0.6 is 0 Å². The van der Waals surface area contributed by atoms with Crippen molar-refractivity contribution >= 4 is 5.97 Å². The van der Waals surface area contributed by atoms with Crippen LogP contribution in [0.2, 0.25) is 0 Å². The second-order valence-corrected chi connectivity index (χ2v) is 6.40. The molecule has 0 radical (unpaired) electrons. The molecule has 27 heavy (non-hydrogen) atoms. The number of hydrogen-bond acceptors (Lipinski definition) is 11. The van der Waals surface area contributed by atoms with Crippen molar-refractivity contribution in [3.63, 3.8) is 0 Å². The highest BCUT2D eigenvalue weighted by atomic mass is 16.7. The third-order valence-electron chi connectivity index (χ3n) is 3.94. The summed E-state index contributed by atoms with van der Waals surface area (Å²) in [6.45, 7) is 2.00. The summed E-state index contributed by atoms with van der Waals surface area (Å²) < 4.78 is 20.8. The quantitative estimate of drug-likeness (QED) is 0.195. The topological polar surface area (TPSA) is 175 Å². The summed E-state index contributed by atoms with van der Waals surface area (Å²) in [7, 11) is 0. The average Bonchev–Trinajstić information content (AvgIpc) is 2.95. The van der Waals surface area contributed by atoms with E-state index in [-0.39, 0.29) is 5.76 Å². The molecule has 11 nitrogen and oxygen atoms in total. The lowest BCUT2D eigenvalue weighted by atomic mass is 9.99. The van der Waals surface area contributed by atoms with Crippen LogP contribution in [0.25, 0.3) is 0 Å². The lowest BCUT2D eigenvalue weighted by Gasteiger charge is -2.39. The standard InChI is InChI=1S/C16H24O11/c1-6(2)5-24-13-12(7(19)3-17)26-15(23)14(13)27-16-11(22)10(21)9(20)8(4-18)25-16/h5,7-12,16-22H,3-4H2,1-2H3/t7-,8+,9+,10-,11+,12+,16?/m0/s1. The monoisotopic (exact) mass is 392 g/mol. The van der Waals surface area contributed by atoms with Crippen molar-refractivity contribution in [2.45, 2.75) is 56.8 Å². The Kier molecular flexibility index (Phi) is 7.17. The first-order valence-corrected chi connectivity index (χ1v) is 8.22. The number of ether oxygens (including phenoxy) is 4. The van der Waals surface area contributed by atoms with Crippen LogP contribution in [0.15, 0.2) is 23.4 Å². The predicted molar refractivity (Wildman–Crippen MR) is 85.4 cm³/mol. The molecule has 0 aromatic carbocycles. The van der Waals surface area contributed by atoms with E-state index in [0.717, 1.165) is 0 Å². The lowest BCUT2D eigenvalue weighted by Crippen LogP contribution is -2.59. The zero-order valence-corrected chi connectivity index (χ0v) is 14.8. The summed E-state index contributed by atoms with van der Waals surface area (Å²) in [5.74, 6) is -1.87. The molecule has 1 fully saturated rings.